The van der Waals surface area contributed by atoms with Crippen molar-refractivity contribution in [2.24, 2.45) is 4.99 Å². The van der Waals surface area contributed by atoms with E-state index in [-0.39, 0.29) is 17.3 Å². The van der Waals surface area contributed by atoms with E-state index in [9.17, 15) is 9.59 Å². The number of aliphatic imine (C=N–C) groups is 1. The minimum Gasteiger partial charge on any atom is -0.493 e. The van der Waals surface area contributed by atoms with Gasteiger partial charge in [-0.3, -0.25) is 0 Å². The van der Waals surface area contributed by atoms with Crippen molar-refractivity contribution in [3.63, 3.8) is 0 Å². The van der Waals surface area contributed by atoms with Crippen LogP contribution in [0.5, 0.6) is 23.0 Å². The van der Waals surface area contributed by atoms with E-state index >= 15 is 0 Å². The molecule has 0 saturated carbocycles. The van der Waals surface area contributed by atoms with Crippen LogP contribution in [0.3, 0.4) is 0 Å². The maximum atomic E-state index is 12.6. The van der Waals surface area contributed by atoms with Crippen LogP contribution in [-0.2, 0) is 9.53 Å². The zero-order valence-corrected chi connectivity index (χ0v) is 19.7. The van der Waals surface area contributed by atoms with Crippen molar-refractivity contribution in [2.45, 2.75) is 6.92 Å². The number of cyclic esters (lactones) is 1. The highest BCUT2D eigenvalue weighted by molar-refractivity contribution is 6.13. The summed E-state index contributed by atoms with van der Waals surface area (Å²) in [5.74, 6) is 0.413. The molecule has 0 spiro atoms. The second-order valence-corrected chi connectivity index (χ2v) is 7.55. The molecule has 1 aliphatic rings. The van der Waals surface area contributed by atoms with Crippen LogP contribution in [0.25, 0.3) is 6.08 Å². The van der Waals surface area contributed by atoms with Crippen molar-refractivity contribution in [1.82, 2.24) is 0 Å². The van der Waals surface area contributed by atoms with E-state index in [1.54, 1.807) is 54.6 Å². The Labute approximate surface area is 202 Å². The normalized spacial score (nSPS) is 13.8. The van der Waals surface area contributed by atoms with Gasteiger partial charge in [-0.2, -0.15) is 0 Å². The predicted octanol–water partition coefficient (Wildman–Crippen LogP) is 4.58. The average molecular weight is 473 g/mol. The summed E-state index contributed by atoms with van der Waals surface area (Å²) in [5, 5.41) is 0. The maximum absolute atomic E-state index is 12.6. The Hall–Kier alpha value is -4.59. The van der Waals surface area contributed by atoms with Gasteiger partial charge in [-0.15, -0.1) is 0 Å². The molecule has 0 N–H and O–H groups in total. The van der Waals surface area contributed by atoms with Crippen LogP contribution in [0, 0.1) is 6.92 Å². The van der Waals surface area contributed by atoms with E-state index in [4.69, 9.17) is 23.7 Å². The van der Waals surface area contributed by atoms with Crippen LogP contribution in [0.15, 0.2) is 71.4 Å². The van der Waals surface area contributed by atoms with Crippen LogP contribution in [0.4, 0.5) is 0 Å². The molecule has 8 nitrogen and oxygen atoms in total. The molecule has 8 heteroatoms. The Balaban J connectivity index is 1.66. The van der Waals surface area contributed by atoms with Gasteiger partial charge >= 0.3 is 11.9 Å². The number of para-hydroxylation sites is 1. The van der Waals surface area contributed by atoms with Crippen molar-refractivity contribution in [3.8, 4) is 23.0 Å². The quantitative estimate of drug-likeness (QED) is 0.282. The fourth-order valence-electron chi connectivity index (χ4n) is 3.51. The van der Waals surface area contributed by atoms with E-state index < -0.39 is 11.9 Å². The Bertz CT molecular complexity index is 1330. The van der Waals surface area contributed by atoms with Crippen molar-refractivity contribution in [2.75, 3.05) is 21.3 Å². The van der Waals surface area contributed by atoms with E-state index in [2.05, 4.69) is 4.99 Å². The number of methoxy groups -OCH3 is 3. The summed E-state index contributed by atoms with van der Waals surface area (Å²) < 4.78 is 27.0. The summed E-state index contributed by atoms with van der Waals surface area (Å²) in [7, 11) is 4.48. The van der Waals surface area contributed by atoms with Crippen LogP contribution in [0.1, 0.15) is 27.0 Å². The second kappa shape index (κ2) is 10.1. The van der Waals surface area contributed by atoms with Crippen molar-refractivity contribution < 1.29 is 33.3 Å². The Morgan fingerprint density at radius 1 is 0.886 bits per heavy atom. The lowest BCUT2D eigenvalue weighted by molar-refractivity contribution is -0.129. The van der Waals surface area contributed by atoms with Crippen LogP contribution in [-0.4, -0.2) is 39.2 Å². The largest absolute Gasteiger partial charge is 0.493 e. The van der Waals surface area contributed by atoms with Crippen LogP contribution >= 0.6 is 0 Å². The van der Waals surface area contributed by atoms with Crippen molar-refractivity contribution >= 4 is 23.9 Å². The molecule has 35 heavy (non-hydrogen) atoms. The first-order valence-corrected chi connectivity index (χ1v) is 10.6. The molecule has 1 heterocycles. The van der Waals surface area contributed by atoms with Gasteiger partial charge in [-0.05, 0) is 43.3 Å². The summed E-state index contributed by atoms with van der Waals surface area (Å²) in [4.78, 5) is 29.6. The number of carbonyl (C=O) groups excluding carboxylic acids is 2. The Kier molecular flexibility index (Phi) is 6.82. The molecular formula is C27H23NO7. The zero-order valence-electron chi connectivity index (χ0n) is 19.7. The first kappa shape index (κ1) is 23.6. The lowest BCUT2D eigenvalue weighted by Gasteiger charge is -2.13. The highest BCUT2D eigenvalue weighted by atomic mass is 16.6. The lowest BCUT2D eigenvalue weighted by atomic mass is 10.1. The van der Waals surface area contributed by atoms with E-state index in [0.29, 0.717) is 33.9 Å². The maximum Gasteiger partial charge on any atom is 0.363 e. The Morgan fingerprint density at radius 3 is 2.26 bits per heavy atom. The van der Waals surface area contributed by atoms with Crippen LogP contribution < -0.4 is 18.9 Å². The monoisotopic (exact) mass is 473 g/mol. The minimum absolute atomic E-state index is 0.0489. The SMILES string of the molecule is COc1cc(C2=NC(=Cc3ccccc3OC(=O)c3cccc(C)c3)C(=O)O2)cc(OC)c1OC. The summed E-state index contributed by atoms with van der Waals surface area (Å²) in [5.41, 5.74) is 2.38. The van der Waals surface area contributed by atoms with Gasteiger partial charge in [-0.1, -0.05) is 35.9 Å². The Morgan fingerprint density at radius 2 is 1.60 bits per heavy atom. The molecule has 0 unspecified atom stereocenters. The molecular weight excluding hydrogens is 450 g/mol. The van der Waals surface area contributed by atoms with E-state index in [1.165, 1.54) is 27.4 Å². The van der Waals surface area contributed by atoms with Gasteiger partial charge in [0.2, 0.25) is 11.6 Å². The molecule has 0 radical (unpaired) electrons. The lowest BCUT2D eigenvalue weighted by Crippen LogP contribution is -2.09. The molecule has 0 fully saturated rings. The topological polar surface area (TPSA) is 92.7 Å². The van der Waals surface area contributed by atoms with E-state index in [1.807, 2.05) is 13.0 Å². The van der Waals surface area contributed by atoms with Gasteiger partial charge in [0.05, 0.1) is 26.9 Å². The average Bonchev–Trinajstić information content (AvgIpc) is 3.24. The molecule has 3 aromatic carbocycles. The number of nitrogens with zero attached hydrogens (tertiary/aromatic N) is 1. The number of rotatable bonds is 7. The third kappa shape index (κ3) is 5.01. The highest BCUT2D eigenvalue weighted by Crippen LogP contribution is 2.39. The molecule has 1 aliphatic heterocycles. The van der Waals surface area contributed by atoms with Gasteiger partial charge in [0.1, 0.15) is 5.75 Å². The van der Waals surface area contributed by atoms with Gasteiger partial charge in [0, 0.05) is 11.1 Å². The molecule has 3 aromatic rings. The fourth-order valence-corrected chi connectivity index (χ4v) is 3.51. The first-order valence-electron chi connectivity index (χ1n) is 10.6. The predicted molar refractivity (Wildman–Crippen MR) is 129 cm³/mol. The number of benzene rings is 3. The molecule has 4 rings (SSSR count). The van der Waals surface area contributed by atoms with Gasteiger partial charge in [0.25, 0.3) is 0 Å². The minimum atomic E-state index is -0.645. The molecule has 0 bridgehead atoms. The molecule has 178 valence electrons. The van der Waals surface area contributed by atoms with Gasteiger partial charge in [-0.25, -0.2) is 14.6 Å². The number of hydrogen-bond acceptors (Lipinski definition) is 8. The molecule has 0 atom stereocenters. The summed E-state index contributed by atoms with van der Waals surface area (Å²) >= 11 is 0. The molecule has 0 amide bonds. The molecule has 0 saturated heterocycles. The molecule has 0 aliphatic carbocycles. The van der Waals surface area contributed by atoms with Crippen molar-refractivity contribution in [1.29, 1.82) is 0 Å². The zero-order chi connectivity index (χ0) is 24.9. The van der Waals surface area contributed by atoms with Crippen molar-refractivity contribution in [3.05, 3.63) is 88.6 Å². The smallest absolute Gasteiger partial charge is 0.363 e. The summed E-state index contributed by atoms with van der Waals surface area (Å²) in [6.07, 6.45) is 1.51. The highest BCUT2D eigenvalue weighted by Gasteiger charge is 2.27. The number of carbonyl (C=O) groups is 2. The fraction of sp³-hybridized carbons (Fsp3) is 0.148. The number of ether oxygens (including phenoxy) is 5. The second-order valence-electron chi connectivity index (χ2n) is 7.55. The van der Waals surface area contributed by atoms with Crippen LogP contribution in [0.2, 0.25) is 0 Å². The standard InChI is InChI=1S/C27H23NO7/c1-16-8-7-10-18(12-16)26(29)34-21-11-6-5-9-17(21)13-20-27(30)35-25(28-20)19-14-22(31-2)24(33-4)23(15-19)32-3/h5-15H,1-4H3. The third-order valence-electron chi connectivity index (χ3n) is 5.20. The number of esters is 2. The summed E-state index contributed by atoms with van der Waals surface area (Å²) in [6.45, 7) is 1.89. The number of aryl methyl sites for hydroxylation is 1. The summed E-state index contributed by atoms with van der Waals surface area (Å²) in [6, 6.07) is 17.2. The van der Waals surface area contributed by atoms with Gasteiger partial charge in [0.15, 0.2) is 17.2 Å². The third-order valence-corrected chi connectivity index (χ3v) is 5.20. The van der Waals surface area contributed by atoms with E-state index in [0.717, 1.165) is 5.56 Å². The molecule has 0 aromatic heterocycles. The first-order chi connectivity index (χ1) is 16.9. The number of hydrogen-bond donors (Lipinski definition) is 0. The van der Waals surface area contributed by atoms with Gasteiger partial charge < -0.3 is 23.7 Å².